The first-order valence-corrected chi connectivity index (χ1v) is 13.3. The van der Waals surface area contributed by atoms with Gasteiger partial charge >= 0.3 is 11.9 Å². The Morgan fingerprint density at radius 2 is 1.73 bits per heavy atom. The summed E-state index contributed by atoms with van der Waals surface area (Å²) in [5.41, 5.74) is 3.25. The number of nitrogens with one attached hydrogen (secondary N) is 1. The zero-order valence-electron chi connectivity index (χ0n) is 23.4. The molecule has 2 amide bonds. The van der Waals surface area contributed by atoms with Crippen molar-refractivity contribution in [3.05, 3.63) is 76.8 Å². The van der Waals surface area contributed by atoms with Gasteiger partial charge in [0.1, 0.15) is 5.82 Å². The average Bonchev–Trinajstić information content (AvgIpc) is 3.47. The minimum Gasteiger partial charge on any atom is -0.463 e. The number of rotatable bonds is 5. The van der Waals surface area contributed by atoms with Crippen molar-refractivity contribution in [1.82, 2.24) is 15.5 Å². The van der Waals surface area contributed by atoms with Crippen LogP contribution < -0.4 is 5.32 Å². The second kappa shape index (κ2) is 12.4. The van der Waals surface area contributed by atoms with Crippen LogP contribution in [0, 0.1) is 5.82 Å². The topological polar surface area (TPSA) is 128 Å². The lowest BCUT2D eigenvalue weighted by Crippen LogP contribution is -2.34. The maximum Gasteiger partial charge on any atom is 0.349 e. The van der Waals surface area contributed by atoms with Crippen molar-refractivity contribution in [3.8, 4) is 0 Å². The zero-order chi connectivity index (χ0) is 29.7. The third-order valence-electron chi connectivity index (χ3n) is 6.77. The molecule has 2 aliphatic rings. The molecular weight excluding hydrogens is 533 g/mol. The number of carbonyl (C=O) groups excluding carboxylic acids is 4. The lowest BCUT2D eigenvalue weighted by atomic mass is 9.85. The van der Waals surface area contributed by atoms with Crippen molar-refractivity contribution in [2.45, 2.75) is 51.9 Å². The van der Waals surface area contributed by atoms with E-state index in [1.807, 2.05) is 6.07 Å². The second-order valence-electron chi connectivity index (χ2n) is 10.7. The Morgan fingerprint density at radius 3 is 2.41 bits per heavy atom. The number of imide groups is 1. The summed E-state index contributed by atoms with van der Waals surface area (Å²) in [6.07, 6.45) is 3.52. The first-order chi connectivity index (χ1) is 19.5. The van der Waals surface area contributed by atoms with Gasteiger partial charge in [-0.25, -0.2) is 14.0 Å². The highest BCUT2D eigenvalue weighted by Crippen LogP contribution is 2.33. The summed E-state index contributed by atoms with van der Waals surface area (Å²) in [5, 5.41) is 8.72. The summed E-state index contributed by atoms with van der Waals surface area (Å²) in [7, 11) is 0. The Bertz CT molecular complexity index is 1500. The SMILES string of the molecule is CC(C)(C)c1ccc2c(c1)C(=O)NC2=O.CCOC(=O)/C=C/C(=O)ON1CCC(c2noc3cc(F)ccc23)CC1. The van der Waals surface area contributed by atoms with Crippen molar-refractivity contribution in [2.24, 2.45) is 0 Å². The van der Waals surface area contributed by atoms with Crippen molar-refractivity contribution < 1.29 is 37.7 Å². The van der Waals surface area contributed by atoms with Gasteiger partial charge in [-0.3, -0.25) is 14.9 Å². The predicted octanol–water partition coefficient (Wildman–Crippen LogP) is 4.59. The maximum absolute atomic E-state index is 13.2. The van der Waals surface area contributed by atoms with E-state index < -0.39 is 11.9 Å². The molecule has 216 valence electrons. The molecule has 11 heteroatoms. The molecule has 0 radical (unpaired) electrons. The quantitative estimate of drug-likeness (QED) is 0.268. The fraction of sp³-hybridized carbons (Fsp3) is 0.367. The molecule has 1 aromatic heterocycles. The van der Waals surface area contributed by atoms with E-state index in [1.165, 1.54) is 12.1 Å². The van der Waals surface area contributed by atoms with Crippen molar-refractivity contribution >= 4 is 34.7 Å². The monoisotopic (exact) mass is 565 g/mol. The van der Waals surface area contributed by atoms with Crippen LogP contribution in [0.15, 0.2) is 53.1 Å². The number of hydrogen-bond acceptors (Lipinski definition) is 9. The molecule has 41 heavy (non-hydrogen) atoms. The van der Waals surface area contributed by atoms with Gasteiger partial charge in [-0.1, -0.05) is 32.0 Å². The van der Waals surface area contributed by atoms with Crippen LogP contribution in [-0.2, 0) is 24.6 Å². The largest absolute Gasteiger partial charge is 0.463 e. The number of benzene rings is 2. The Hall–Kier alpha value is -4.38. The van der Waals surface area contributed by atoms with E-state index in [2.05, 4.69) is 31.2 Å². The van der Waals surface area contributed by atoms with Crippen LogP contribution in [0.5, 0.6) is 0 Å². The molecule has 1 N–H and O–H groups in total. The van der Waals surface area contributed by atoms with E-state index in [0.717, 1.165) is 28.8 Å². The minimum absolute atomic E-state index is 0.0129. The van der Waals surface area contributed by atoms with Gasteiger partial charge in [0.05, 0.1) is 23.4 Å². The van der Waals surface area contributed by atoms with Gasteiger partial charge in [0.25, 0.3) is 11.8 Å². The van der Waals surface area contributed by atoms with Crippen LogP contribution in [0.3, 0.4) is 0 Å². The Balaban J connectivity index is 0.000000218. The second-order valence-corrected chi connectivity index (χ2v) is 10.7. The third kappa shape index (κ3) is 7.23. The molecule has 0 aliphatic carbocycles. The van der Waals surface area contributed by atoms with Crippen LogP contribution in [0.2, 0.25) is 0 Å². The van der Waals surface area contributed by atoms with Crippen molar-refractivity contribution in [2.75, 3.05) is 19.7 Å². The number of fused-ring (bicyclic) bond motifs is 2. The fourth-order valence-corrected chi connectivity index (χ4v) is 4.56. The molecule has 10 nitrogen and oxygen atoms in total. The third-order valence-corrected chi connectivity index (χ3v) is 6.77. The van der Waals surface area contributed by atoms with Gasteiger partial charge in [-0.05, 0) is 55.0 Å². The smallest absolute Gasteiger partial charge is 0.349 e. The summed E-state index contributed by atoms with van der Waals surface area (Å²) in [6.45, 7) is 9.20. The number of nitrogens with zero attached hydrogens (tertiary/aromatic N) is 2. The van der Waals surface area contributed by atoms with E-state index >= 15 is 0 Å². The summed E-state index contributed by atoms with van der Waals surface area (Å²) < 4.78 is 23.1. The molecule has 1 fully saturated rings. The number of hydrogen-bond donors (Lipinski definition) is 1. The molecule has 0 atom stereocenters. The summed E-state index contributed by atoms with van der Waals surface area (Å²) in [5.74, 6) is -2.02. The molecule has 2 aromatic carbocycles. The predicted molar refractivity (Wildman–Crippen MR) is 146 cm³/mol. The van der Waals surface area contributed by atoms with Gasteiger partial charge in [0, 0.05) is 42.6 Å². The Morgan fingerprint density at radius 1 is 1.05 bits per heavy atom. The normalized spacial score (nSPS) is 15.8. The molecule has 1 saturated heterocycles. The minimum atomic E-state index is -0.626. The van der Waals surface area contributed by atoms with E-state index in [1.54, 1.807) is 30.2 Å². The van der Waals surface area contributed by atoms with Crippen LogP contribution in [0.25, 0.3) is 11.0 Å². The Labute approximate surface area is 236 Å². The van der Waals surface area contributed by atoms with Crippen LogP contribution in [-0.4, -0.2) is 53.7 Å². The number of carbonyl (C=O) groups is 4. The number of piperidine rings is 1. The highest BCUT2D eigenvalue weighted by molar-refractivity contribution is 6.21. The highest BCUT2D eigenvalue weighted by Gasteiger charge is 2.29. The maximum atomic E-state index is 13.2. The van der Waals surface area contributed by atoms with Gasteiger partial charge in [0.15, 0.2) is 5.58 Å². The zero-order valence-corrected chi connectivity index (χ0v) is 23.4. The number of esters is 1. The van der Waals surface area contributed by atoms with Crippen molar-refractivity contribution in [3.63, 3.8) is 0 Å². The molecule has 5 rings (SSSR count). The molecule has 0 bridgehead atoms. The van der Waals surface area contributed by atoms with E-state index in [4.69, 9.17) is 14.1 Å². The number of halogens is 1. The Kier molecular flexibility index (Phi) is 8.97. The molecule has 2 aliphatic heterocycles. The molecule has 0 unspecified atom stereocenters. The molecule has 0 spiro atoms. The lowest BCUT2D eigenvalue weighted by molar-refractivity contribution is -0.189. The number of hydroxylamine groups is 2. The first-order valence-electron chi connectivity index (χ1n) is 13.3. The van der Waals surface area contributed by atoms with E-state index in [-0.39, 0.29) is 35.6 Å². The fourth-order valence-electron chi connectivity index (χ4n) is 4.56. The average molecular weight is 566 g/mol. The number of amides is 2. The highest BCUT2D eigenvalue weighted by atomic mass is 19.1. The van der Waals surface area contributed by atoms with E-state index in [0.29, 0.717) is 42.6 Å². The molecule has 0 saturated carbocycles. The van der Waals surface area contributed by atoms with Gasteiger partial charge in [-0.2, -0.15) is 0 Å². The molecular formula is C30H32FN3O7. The summed E-state index contributed by atoms with van der Waals surface area (Å²) >= 11 is 0. The molecule has 3 heterocycles. The number of aromatic nitrogens is 1. The molecule has 3 aromatic rings. The van der Waals surface area contributed by atoms with Crippen LogP contribution in [0.4, 0.5) is 4.39 Å². The van der Waals surface area contributed by atoms with Gasteiger partial charge in [0.2, 0.25) is 0 Å². The summed E-state index contributed by atoms with van der Waals surface area (Å²) in [4.78, 5) is 50.8. The first kappa shape index (κ1) is 29.6. The number of ether oxygens (including phenoxy) is 1. The van der Waals surface area contributed by atoms with Gasteiger partial charge < -0.3 is 14.1 Å². The summed E-state index contributed by atoms with van der Waals surface area (Å²) in [6, 6.07) is 9.79. The van der Waals surface area contributed by atoms with Crippen LogP contribution in [0.1, 0.15) is 78.4 Å². The standard InChI is InChI=1S/C18H19FN2O5.C12H13NO2/c1-2-24-16(22)5-6-17(23)26-21-9-7-12(8-10-21)18-14-4-3-13(19)11-15(14)25-20-18;1-12(2,3)7-4-5-8-9(6-7)11(15)13-10(8)14/h3-6,11-12H,2,7-10H2,1H3;4-6H,1-3H3,(H,13,14,15)/b6-5+;. The van der Waals surface area contributed by atoms with Crippen LogP contribution >= 0.6 is 0 Å². The van der Waals surface area contributed by atoms with E-state index in [9.17, 15) is 23.6 Å². The van der Waals surface area contributed by atoms with Crippen molar-refractivity contribution in [1.29, 1.82) is 0 Å². The lowest BCUT2D eigenvalue weighted by Gasteiger charge is -2.29. The van der Waals surface area contributed by atoms with Gasteiger partial charge in [-0.15, -0.1) is 5.06 Å².